The Hall–Kier alpha value is -3.04. The van der Waals surface area contributed by atoms with Crippen LogP contribution in [0.1, 0.15) is 45.9 Å². The molecule has 1 aromatic heterocycles. The summed E-state index contributed by atoms with van der Waals surface area (Å²) in [6.07, 6.45) is 0. The largest absolute Gasteiger partial charge is 0.309 e. The van der Waals surface area contributed by atoms with Crippen LogP contribution in [0.2, 0.25) is 0 Å². The van der Waals surface area contributed by atoms with Gasteiger partial charge in [-0.3, -0.25) is 4.79 Å². The molecule has 188 valence electrons. The highest BCUT2D eigenvalue weighted by molar-refractivity contribution is 7.89. The Morgan fingerprint density at radius 3 is 2.34 bits per heavy atom. The van der Waals surface area contributed by atoms with Crippen molar-refractivity contribution in [3.05, 3.63) is 71.7 Å². The molecule has 1 amide bonds. The Balaban J connectivity index is 1.92. The number of rotatable bonds is 8. The molecule has 1 heterocycles. The number of nitrogens with one attached hydrogen (secondary N) is 1. The van der Waals surface area contributed by atoms with Crippen molar-refractivity contribution in [1.29, 1.82) is 0 Å². The van der Waals surface area contributed by atoms with Gasteiger partial charge in [0.15, 0.2) is 0 Å². The number of hydrogen-bond donors (Lipinski definition) is 1. The van der Waals surface area contributed by atoms with Gasteiger partial charge in [-0.25, -0.2) is 17.5 Å². The third-order valence-electron chi connectivity index (χ3n) is 5.33. The average Bonchev–Trinajstić information content (AvgIpc) is 3.17. The van der Waals surface area contributed by atoms with Crippen molar-refractivity contribution in [2.75, 3.05) is 18.4 Å². The summed E-state index contributed by atoms with van der Waals surface area (Å²) in [4.78, 5) is 13.1. The Labute approximate surface area is 207 Å². The van der Waals surface area contributed by atoms with Crippen LogP contribution in [0.5, 0.6) is 0 Å². The molecule has 2 aromatic carbocycles. The van der Waals surface area contributed by atoms with Crippen molar-refractivity contribution in [2.45, 2.75) is 51.9 Å². The maximum absolute atomic E-state index is 13.3. The molecular weight excluding hydrogens is 467 g/mol. The third kappa shape index (κ3) is 6.55. The lowest BCUT2D eigenvalue weighted by molar-refractivity contribution is -0.116. The highest BCUT2D eigenvalue weighted by Gasteiger charge is 2.28. The molecule has 0 unspecified atom stereocenters. The van der Waals surface area contributed by atoms with E-state index in [-0.39, 0.29) is 29.3 Å². The summed E-state index contributed by atoms with van der Waals surface area (Å²) in [5.74, 6) is -0.598. The molecule has 7 nitrogen and oxygen atoms in total. The van der Waals surface area contributed by atoms with E-state index < -0.39 is 21.7 Å². The summed E-state index contributed by atoms with van der Waals surface area (Å²) >= 11 is 0. The molecule has 9 heteroatoms. The van der Waals surface area contributed by atoms with E-state index in [1.807, 2.05) is 71.9 Å². The predicted octanol–water partition coefficient (Wildman–Crippen LogP) is 4.90. The number of nitrogens with zero attached hydrogens (tertiary/aromatic N) is 3. The lowest BCUT2D eigenvalue weighted by Gasteiger charge is -2.23. The van der Waals surface area contributed by atoms with Crippen molar-refractivity contribution >= 4 is 21.7 Å². The quantitative estimate of drug-likeness (QED) is 0.477. The highest BCUT2D eigenvalue weighted by Crippen LogP contribution is 2.27. The number of carbonyl (C=O) groups excluding carboxylic acids is 1. The minimum atomic E-state index is -4.00. The number of anilines is 1. The number of benzene rings is 2. The molecule has 0 spiro atoms. The lowest BCUT2D eigenvalue weighted by atomic mass is 9.92. The second kappa shape index (κ2) is 10.3. The number of hydrogen-bond acceptors (Lipinski definition) is 4. The molecule has 0 aliphatic heterocycles. The van der Waals surface area contributed by atoms with E-state index in [1.54, 1.807) is 4.68 Å². The molecule has 3 rings (SSSR count). The standard InChI is InChI=1S/C26H33FN4O3S/c1-18(2)16-30(35(33,34)22-12-10-20(27)11-13-22)17-25(32)28-24-15-23(26(4,5)6)29-31(24)21-9-7-8-19(3)14-21/h7-15,18H,16-17H2,1-6H3,(H,28,32). The minimum absolute atomic E-state index is 0.0247. The fourth-order valence-corrected chi connectivity index (χ4v) is 5.11. The van der Waals surface area contributed by atoms with Gasteiger partial charge in [0.1, 0.15) is 11.6 Å². The highest BCUT2D eigenvalue weighted by atomic mass is 32.2. The van der Waals surface area contributed by atoms with Gasteiger partial charge in [-0.15, -0.1) is 0 Å². The van der Waals surface area contributed by atoms with Gasteiger partial charge in [0.25, 0.3) is 0 Å². The fourth-order valence-electron chi connectivity index (χ4n) is 3.55. The average molecular weight is 501 g/mol. The van der Waals surface area contributed by atoms with Crippen molar-refractivity contribution in [3.8, 4) is 5.69 Å². The van der Waals surface area contributed by atoms with Crippen LogP contribution >= 0.6 is 0 Å². The summed E-state index contributed by atoms with van der Waals surface area (Å²) in [7, 11) is -4.00. The summed E-state index contributed by atoms with van der Waals surface area (Å²) in [6.45, 7) is 11.5. The zero-order valence-electron chi connectivity index (χ0n) is 21.0. The summed E-state index contributed by atoms with van der Waals surface area (Å²) < 4.78 is 42.6. The van der Waals surface area contributed by atoms with E-state index in [9.17, 15) is 17.6 Å². The first-order valence-corrected chi connectivity index (χ1v) is 12.9. The summed E-state index contributed by atoms with van der Waals surface area (Å²) in [6, 6.07) is 14.1. The molecule has 0 fully saturated rings. The first-order chi connectivity index (χ1) is 16.3. The zero-order chi connectivity index (χ0) is 26.0. The van der Waals surface area contributed by atoms with E-state index in [1.165, 1.54) is 12.1 Å². The molecule has 1 N–H and O–H groups in total. The van der Waals surface area contributed by atoms with Crippen LogP contribution in [0.3, 0.4) is 0 Å². The number of sulfonamides is 1. The van der Waals surface area contributed by atoms with Gasteiger partial charge in [0.05, 0.1) is 22.8 Å². The fraction of sp³-hybridized carbons (Fsp3) is 0.385. The molecule has 0 atom stereocenters. The normalized spacial score (nSPS) is 12.4. The van der Waals surface area contributed by atoms with Crippen molar-refractivity contribution in [2.24, 2.45) is 5.92 Å². The van der Waals surface area contributed by atoms with Gasteiger partial charge >= 0.3 is 0 Å². The van der Waals surface area contributed by atoms with E-state index in [4.69, 9.17) is 5.10 Å². The molecule has 0 aliphatic rings. The topological polar surface area (TPSA) is 84.3 Å². The molecular formula is C26H33FN4O3S. The number of aromatic nitrogens is 2. The van der Waals surface area contributed by atoms with E-state index in [0.717, 1.165) is 33.4 Å². The van der Waals surface area contributed by atoms with Crippen molar-refractivity contribution in [1.82, 2.24) is 14.1 Å². The van der Waals surface area contributed by atoms with Crippen LogP contribution in [0.4, 0.5) is 10.2 Å². The molecule has 35 heavy (non-hydrogen) atoms. The van der Waals surface area contributed by atoms with Crippen LogP contribution in [0.15, 0.2) is 59.5 Å². The van der Waals surface area contributed by atoms with Gasteiger partial charge in [-0.2, -0.15) is 9.40 Å². The van der Waals surface area contributed by atoms with Gasteiger partial charge in [-0.05, 0) is 54.8 Å². The third-order valence-corrected chi connectivity index (χ3v) is 7.16. The smallest absolute Gasteiger partial charge is 0.243 e. The van der Waals surface area contributed by atoms with Crippen LogP contribution in [-0.2, 0) is 20.2 Å². The Bertz CT molecular complexity index is 1290. The number of amides is 1. The minimum Gasteiger partial charge on any atom is -0.309 e. The van der Waals surface area contributed by atoms with Gasteiger partial charge in [0, 0.05) is 18.0 Å². The molecule has 0 bridgehead atoms. The van der Waals surface area contributed by atoms with E-state index >= 15 is 0 Å². The lowest BCUT2D eigenvalue weighted by Crippen LogP contribution is -2.40. The maximum atomic E-state index is 13.3. The number of carbonyl (C=O) groups is 1. The van der Waals surface area contributed by atoms with Crippen LogP contribution in [-0.4, -0.2) is 41.5 Å². The van der Waals surface area contributed by atoms with Crippen molar-refractivity contribution < 1.29 is 17.6 Å². The number of halogens is 1. The molecule has 3 aromatic rings. The predicted molar refractivity (Wildman–Crippen MR) is 136 cm³/mol. The number of aryl methyl sites for hydroxylation is 1. The van der Waals surface area contributed by atoms with Crippen LogP contribution < -0.4 is 5.32 Å². The Morgan fingerprint density at radius 1 is 1.11 bits per heavy atom. The van der Waals surface area contributed by atoms with Gasteiger partial charge in [0.2, 0.25) is 15.9 Å². The van der Waals surface area contributed by atoms with Gasteiger partial charge < -0.3 is 5.32 Å². The van der Waals surface area contributed by atoms with E-state index in [0.29, 0.717) is 5.82 Å². The second-order valence-corrected chi connectivity index (χ2v) is 12.0. The van der Waals surface area contributed by atoms with Gasteiger partial charge in [-0.1, -0.05) is 46.8 Å². The first-order valence-electron chi connectivity index (χ1n) is 11.5. The molecule has 0 saturated heterocycles. The Morgan fingerprint density at radius 2 is 1.77 bits per heavy atom. The monoisotopic (exact) mass is 500 g/mol. The molecule has 0 saturated carbocycles. The molecule has 0 radical (unpaired) electrons. The second-order valence-electron chi connectivity index (χ2n) is 10.1. The van der Waals surface area contributed by atoms with E-state index in [2.05, 4.69) is 5.32 Å². The molecule has 0 aliphatic carbocycles. The Kier molecular flexibility index (Phi) is 7.81. The maximum Gasteiger partial charge on any atom is 0.243 e. The van der Waals surface area contributed by atoms with Crippen molar-refractivity contribution in [3.63, 3.8) is 0 Å². The SMILES string of the molecule is Cc1cccc(-n2nc(C(C)(C)C)cc2NC(=O)CN(CC(C)C)S(=O)(=O)c2ccc(F)cc2)c1. The summed E-state index contributed by atoms with van der Waals surface area (Å²) in [5, 5.41) is 7.57. The first kappa shape index (κ1) is 26.6. The van der Waals surface area contributed by atoms with Crippen LogP contribution in [0.25, 0.3) is 5.69 Å². The summed E-state index contributed by atoms with van der Waals surface area (Å²) in [5.41, 5.74) is 2.35. The zero-order valence-corrected chi connectivity index (χ0v) is 21.9. The van der Waals surface area contributed by atoms with Crippen LogP contribution in [0, 0.1) is 18.7 Å².